The number of primary amides is 1. The van der Waals surface area contributed by atoms with Crippen molar-refractivity contribution in [3.8, 4) is 5.75 Å². The molecule has 4 nitrogen and oxygen atoms in total. The summed E-state index contributed by atoms with van der Waals surface area (Å²) < 4.78 is 5.73. The number of carbonyl (C=O) groups is 1. The van der Waals surface area contributed by atoms with Crippen LogP contribution in [0.4, 0.5) is 0 Å². The molecule has 0 aliphatic carbocycles. The second kappa shape index (κ2) is 5.92. The fourth-order valence-electron chi connectivity index (χ4n) is 2.08. The Labute approximate surface area is 118 Å². The smallest absolute Gasteiger partial charge is 0.240 e. The Bertz CT molecular complexity index is 612. The van der Waals surface area contributed by atoms with Crippen LogP contribution in [-0.4, -0.2) is 24.6 Å². The van der Waals surface area contributed by atoms with Crippen molar-refractivity contribution >= 4 is 16.7 Å². The molecule has 1 atom stereocenters. The molecule has 2 aromatic rings. The van der Waals surface area contributed by atoms with Crippen LogP contribution in [0.3, 0.4) is 0 Å². The van der Waals surface area contributed by atoms with E-state index in [1.54, 1.807) is 6.92 Å². The third-order valence-electron chi connectivity index (χ3n) is 3.36. The first kappa shape index (κ1) is 14.3. The van der Waals surface area contributed by atoms with Crippen LogP contribution in [0.5, 0.6) is 5.75 Å². The standard InChI is InChI=1S/C16H20N2O2/c1-3-18-16(2,15(17)19)11-20-14-9-8-12-6-4-5-7-13(12)10-14/h4-10,18H,3,11H2,1-2H3,(H2,17,19). The highest BCUT2D eigenvalue weighted by molar-refractivity contribution is 5.85. The first-order valence-electron chi connectivity index (χ1n) is 6.72. The SMILES string of the molecule is CCNC(C)(COc1ccc2ccccc2c1)C(N)=O. The molecule has 1 amide bonds. The zero-order valence-electron chi connectivity index (χ0n) is 11.8. The average molecular weight is 272 g/mol. The fourth-order valence-corrected chi connectivity index (χ4v) is 2.08. The molecule has 1 unspecified atom stereocenters. The highest BCUT2D eigenvalue weighted by atomic mass is 16.5. The molecule has 0 spiro atoms. The molecular weight excluding hydrogens is 252 g/mol. The number of amides is 1. The molecule has 3 N–H and O–H groups in total. The number of rotatable bonds is 6. The molecule has 20 heavy (non-hydrogen) atoms. The van der Waals surface area contributed by atoms with Crippen LogP contribution in [0.1, 0.15) is 13.8 Å². The second-order valence-corrected chi connectivity index (χ2v) is 5.02. The minimum Gasteiger partial charge on any atom is -0.491 e. The van der Waals surface area contributed by atoms with E-state index in [1.165, 1.54) is 0 Å². The summed E-state index contributed by atoms with van der Waals surface area (Å²) in [7, 11) is 0. The number of benzene rings is 2. The first-order chi connectivity index (χ1) is 9.55. The summed E-state index contributed by atoms with van der Waals surface area (Å²) in [4.78, 5) is 11.5. The number of nitrogens with one attached hydrogen (secondary N) is 1. The van der Waals surface area contributed by atoms with Gasteiger partial charge in [0.25, 0.3) is 0 Å². The van der Waals surface area contributed by atoms with E-state index in [0.29, 0.717) is 6.54 Å². The van der Waals surface area contributed by atoms with Crippen molar-refractivity contribution in [1.29, 1.82) is 0 Å². The molecule has 0 saturated carbocycles. The van der Waals surface area contributed by atoms with E-state index in [2.05, 4.69) is 5.32 Å². The van der Waals surface area contributed by atoms with Gasteiger partial charge in [0.2, 0.25) is 5.91 Å². The Morgan fingerprint density at radius 2 is 1.95 bits per heavy atom. The van der Waals surface area contributed by atoms with E-state index in [9.17, 15) is 4.79 Å². The van der Waals surface area contributed by atoms with Gasteiger partial charge in [0.1, 0.15) is 17.9 Å². The molecule has 2 rings (SSSR count). The molecule has 4 heteroatoms. The summed E-state index contributed by atoms with van der Waals surface area (Å²) in [6.45, 7) is 4.53. The lowest BCUT2D eigenvalue weighted by Crippen LogP contribution is -2.57. The maximum absolute atomic E-state index is 11.5. The van der Waals surface area contributed by atoms with Crippen LogP contribution in [0.15, 0.2) is 42.5 Å². The lowest BCUT2D eigenvalue weighted by Gasteiger charge is -2.26. The van der Waals surface area contributed by atoms with Gasteiger partial charge in [-0.05, 0) is 36.4 Å². The molecule has 0 aromatic heterocycles. The Balaban J connectivity index is 2.13. The number of ether oxygens (including phenoxy) is 1. The molecule has 0 bridgehead atoms. The summed E-state index contributed by atoms with van der Waals surface area (Å²) in [5.41, 5.74) is 4.57. The van der Waals surface area contributed by atoms with E-state index in [1.807, 2.05) is 49.4 Å². The number of likely N-dealkylation sites (N-methyl/N-ethyl adjacent to an activating group) is 1. The van der Waals surface area contributed by atoms with E-state index >= 15 is 0 Å². The molecule has 2 aromatic carbocycles. The normalized spacial score (nSPS) is 13.9. The van der Waals surface area contributed by atoms with Gasteiger partial charge in [-0.25, -0.2) is 0 Å². The van der Waals surface area contributed by atoms with Crippen molar-refractivity contribution in [2.75, 3.05) is 13.2 Å². The van der Waals surface area contributed by atoms with Crippen molar-refractivity contribution in [1.82, 2.24) is 5.32 Å². The van der Waals surface area contributed by atoms with Gasteiger partial charge in [-0.15, -0.1) is 0 Å². The Morgan fingerprint density at radius 1 is 1.25 bits per heavy atom. The van der Waals surface area contributed by atoms with Crippen LogP contribution in [0.25, 0.3) is 10.8 Å². The summed E-state index contributed by atoms with van der Waals surface area (Å²) in [6.07, 6.45) is 0. The number of nitrogens with two attached hydrogens (primary N) is 1. The van der Waals surface area contributed by atoms with Gasteiger partial charge in [0, 0.05) is 0 Å². The topological polar surface area (TPSA) is 64.3 Å². The molecule has 0 radical (unpaired) electrons. The van der Waals surface area contributed by atoms with Gasteiger partial charge in [-0.3, -0.25) is 4.79 Å². The van der Waals surface area contributed by atoms with E-state index < -0.39 is 11.4 Å². The van der Waals surface area contributed by atoms with Crippen molar-refractivity contribution in [2.24, 2.45) is 5.73 Å². The van der Waals surface area contributed by atoms with Crippen molar-refractivity contribution in [3.63, 3.8) is 0 Å². The number of hydrogen-bond donors (Lipinski definition) is 2. The molecule has 0 heterocycles. The number of hydrogen-bond acceptors (Lipinski definition) is 3. The lowest BCUT2D eigenvalue weighted by atomic mass is 10.0. The maximum Gasteiger partial charge on any atom is 0.240 e. The largest absolute Gasteiger partial charge is 0.491 e. The summed E-state index contributed by atoms with van der Waals surface area (Å²) >= 11 is 0. The molecule has 106 valence electrons. The highest BCUT2D eigenvalue weighted by Crippen LogP contribution is 2.21. The van der Waals surface area contributed by atoms with Crippen LogP contribution < -0.4 is 15.8 Å². The Kier molecular flexibility index (Phi) is 4.25. The fraction of sp³-hybridized carbons (Fsp3) is 0.312. The van der Waals surface area contributed by atoms with E-state index in [-0.39, 0.29) is 6.61 Å². The molecule has 0 fully saturated rings. The van der Waals surface area contributed by atoms with Crippen molar-refractivity contribution < 1.29 is 9.53 Å². The number of fused-ring (bicyclic) bond motifs is 1. The monoisotopic (exact) mass is 272 g/mol. The zero-order chi connectivity index (χ0) is 14.6. The van der Waals surface area contributed by atoms with E-state index in [4.69, 9.17) is 10.5 Å². The van der Waals surface area contributed by atoms with E-state index in [0.717, 1.165) is 16.5 Å². The van der Waals surface area contributed by atoms with Gasteiger partial charge in [0.15, 0.2) is 0 Å². The van der Waals surface area contributed by atoms with Crippen molar-refractivity contribution in [2.45, 2.75) is 19.4 Å². The highest BCUT2D eigenvalue weighted by Gasteiger charge is 2.30. The predicted octanol–water partition coefficient (Wildman–Crippen LogP) is 2.07. The van der Waals surface area contributed by atoms with Crippen molar-refractivity contribution in [3.05, 3.63) is 42.5 Å². The summed E-state index contributed by atoms with van der Waals surface area (Å²) in [6, 6.07) is 13.9. The summed E-state index contributed by atoms with van der Waals surface area (Å²) in [5.74, 6) is 0.314. The minimum atomic E-state index is -0.861. The summed E-state index contributed by atoms with van der Waals surface area (Å²) in [5, 5.41) is 5.33. The Morgan fingerprint density at radius 3 is 2.60 bits per heavy atom. The zero-order valence-corrected chi connectivity index (χ0v) is 11.8. The van der Waals surface area contributed by atoms with Gasteiger partial charge in [0.05, 0.1) is 0 Å². The third-order valence-corrected chi connectivity index (χ3v) is 3.36. The van der Waals surface area contributed by atoms with Crippen LogP contribution in [-0.2, 0) is 4.79 Å². The lowest BCUT2D eigenvalue weighted by molar-refractivity contribution is -0.124. The molecular formula is C16H20N2O2. The molecule has 0 aliphatic heterocycles. The maximum atomic E-state index is 11.5. The predicted molar refractivity (Wildman–Crippen MR) is 80.7 cm³/mol. The Hall–Kier alpha value is -2.07. The van der Waals surface area contributed by atoms with Gasteiger partial charge in [-0.2, -0.15) is 0 Å². The van der Waals surface area contributed by atoms with Crippen LogP contribution in [0.2, 0.25) is 0 Å². The minimum absolute atomic E-state index is 0.203. The number of carbonyl (C=O) groups excluding carboxylic acids is 1. The third kappa shape index (κ3) is 3.08. The second-order valence-electron chi connectivity index (χ2n) is 5.02. The average Bonchev–Trinajstić information content (AvgIpc) is 2.45. The van der Waals surface area contributed by atoms with Gasteiger partial charge >= 0.3 is 0 Å². The van der Waals surface area contributed by atoms with Crippen LogP contribution >= 0.6 is 0 Å². The molecule has 0 saturated heterocycles. The van der Waals surface area contributed by atoms with Gasteiger partial charge < -0.3 is 15.8 Å². The van der Waals surface area contributed by atoms with Gasteiger partial charge in [-0.1, -0.05) is 37.3 Å². The quantitative estimate of drug-likeness (QED) is 0.846. The van der Waals surface area contributed by atoms with Crippen LogP contribution in [0, 0.1) is 0 Å². The molecule has 0 aliphatic rings. The first-order valence-corrected chi connectivity index (χ1v) is 6.72.